The number of methoxy groups -OCH3 is 1. The average Bonchev–Trinajstić information content (AvgIpc) is 2.07. The van der Waals surface area contributed by atoms with Crippen LogP contribution in [0.1, 0.15) is 48.5 Å². The molecule has 0 rings (SSSR count). The van der Waals surface area contributed by atoms with Gasteiger partial charge in [-0.2, -0.15) is 0 Å². The van der Waals surface area contributed by atoms with Gasteiger partial charge in [0.2, 0.25) is 0 Å². The first-order valence-electron chi connectivity index (χ1n) is 6.00. The zero-order valence-electron chi connectivity index (χ0n) is 12.2. The normalized spacial score (nSPS) is 16.1. The number of hydrogen-bond donors (Lipinski definition) is 0. The summed E-state index contributed by atoms with van der Waals surface area (Å²) in [4.78, 5) is 0. The highest BCUT2D eigenvalue weighted by molar-refractivity contribution is 5.08. The van der Waals surface area contributed by atoms with Gasteiger partial charge in [0.15, 0.2) is 0 Å². The summed E-state index contributed by atoms with van der Waals surface area (Å²) >= 11 is 0. The van der Waals surface area contributed by atoms with E-state index in [0.29, 0.717) is 6.61 Å². The van der Waals surface area contributed by atoms with Crippen molar-refractivity contribution in [2.75, 3.05) is 13.7 Å². The summed E-state index contributed by atoms with van der Waals surface area (Å²) in [6.07, 6.45) is 2.19. The monoisotopic (exact) mass is 228 g/mol. The van der Waals surface area contributed by atoms with Gasteiger partial charge in [-0.25, -0.2) is 0 Å². The van der Waals surface area contributed by atoms with Crippen LogP contribution in [0.3, 0.4) is 0 Å². The molecule has 1 atom stereocenters. The van der Waals surface area contributed by atoms with E-state index in [4.69, 9.17) is 9.47 Å². The molecule has 0 aromatic heterocycles. The molecule has 0 aromatic carbocycles. The first kappa shape index (κ1) is 15.5. The first-order chi connectivity index (χ1) is 7.12. The molecule has 0 spiro atoms. The lowest BCUT2D eigenvalue weighted by Gasteiger charge is -2.30. The third-order valence-corrected chi connectivity index (χ3v) is 2.45. The van der Waals surface area contributed by atoms with Crippen LogP contribution in [0.2, 0.25) is 0 Å². The molecule has 0 heterocycles. The Morgan fingerprint density at radius 2 is 1.62 bits per heavy atom. The maximum Gasteiger partial charge on any atom is 0.0998 e. The van der Waals surface area contributed by atoms with Crippen molar-refractivity contribution in [1.82, 2.24) is 0 Å². The van der Waals surface area contributed by atoms with Crippen LogP contribution in [0.15, 0.2) is 11.8 Å². The molecule has 0 aliphatic carbocycles. The molecule has 0 fully saturated rings. The van der Waals surface area contributed by atoms with Crippen LogP contribution < -0.4 is 0 Å². The van der Waals surface area contributed by atoms with Crippen molar-refractivity contribution in [3.63, 3.8) is 0 Å². The van der Waals surface area contributed by atoms with Crippen molar-refractivity contribution < 1.29 is 9.47 Å². The van der Waals surface area contributed by atoms with Crippen LogP contribution in [0.4, 0.5) is 0 Å². The van der Waals surface area contributed by atoms with Crippen LogP contribution in [-0.4, -0.2) is 19.8 Å². The van der Waals surface area contributed by atoms with E-state index in [9.17, 15) is 0 Å². The van der Waals surface area contributed by atoms with E-state index >= 15 is 0 Å². The second-order valence-corrected chi connectivity index (χ2v) is 6.24. The maximum absolute atomic E-state index is 5.72. The summed E-state index contributed by atoms with van der Waals surface area (Å²) in [5, 5.41) is 0. The van der Waals surface area contributed by atoms with E-state index in [1.165, 1.54) is 0 Å². The highest BCUT2D eigenvalue weighted by Gasteiger charge is 2.26. The molecule has 1 unspecified atom stereocenters. The summed E-state index contributed by atoms with van der Waals surface area (Å²) in [7, 11) is 1.75. The van der Waals surface area contributed by atoms with E-state index in [-0.39, 0.29) is 16.9 Å². The largest absolute Gasteiger partial charge is 0.498 e. The number of hydrogen-bond acceptors (Lipinski definition) is 2. The quantitative estimate of drug-likeness (QED) is 0.677. The SMILES string of the molecule is CCOC(=CC(OC)C(C)(C)C)C(C)(C)C. The molecule has 0 N–H and O–H groups in total. The fraction of sp³-hybridized carbons (Fsp3) is 0.857. The van der Waals surface area contributed by atoms with E-state index in [1.807, 2.05) is 6.92 Å². The Bertz CT molecular complexity index is 228. The smallest absolute Gasteiger partial charge is 0.0998 e. The van der Waals surface area contributed by atoms with Crippen LogP contribution >= 0.6 is 0 Å². The lowest BCUT2D eigenvalue weighted by Crippen LogP contribution is -2.28. The molecule has 16 heavy (non-hydrogen) atoms. The van der Waals surface area contributed by atoms with Crippen LogP contribution in [0, 0.1) is 10.8 Å². The summed E-state index contributed by atoms with van der Waals surface area (Å²) in [6, 6.07) is 0. The van der Waals surface area contributed by atoms with E-state index < -0.39 is 0 Å². The minimum absolute atomic E-state index is 0.0258. The van der Waals surface area contributed by atoms with Crippen molar-refractivity contribution in [2.45, 2.75) is 54.6 Å². The predicted molar refractivity (Wildman–Crippen MR) is 69.4 cm³/mol. The van der Waals surface area contributed by atoms with Gasteiger partial charge >= 0.3 is 0 Å². The van der Waals surface area contributed by atoms with Gasteiger partial charge in [-0.1, -0.05) is 41.5 Å². The topological polar surface area (TPSA) is 18.5 Å². The summed E-state index contributed by atoms with van der Waals surface area (Å²) < 4.78 is 11.2. The van der Waals surface area contributed by atoms with E-state index in [0.717, 1.165) is 5.76 Å². The molecule has 0 saturated carbocycles. The summed E-state index contributed by atoms with van der Waals surface area (Å²) in [5.74, 6) is 1.01. The fourth-order valence-electron chi connectivity index (χ4n) is 1.48. The van der Waals surface area contributed by atoms with Crippen LogP contribution in [0.25, 0.3) is 0 Å². The standard InChI is InChI=1S/C14H28O2/c1-9-16-12(14(5,6)7)10-11(15-8)13(2,3)4/h10-11H,9H2,1-8H3. The lowest BCUT2D eigenvalue weighted by molar-refractivity contribution is 0.0457. The lowest BCUT2D eigenvalue weighted by atomic mass is 9.85. The third kappa shape index (κ3) is 5.02. The van der Waals surface area contributed by atoms with Crippen molar-refractivity contribution in [2.24, 2.45) is 10.8 Å². The van der Waals surface area contributed by atoms with Gasteiger partial charge in [0.05, 0.1) is 18.5 Å². The Labute approximate surface area is 101 Å². The zero-order chi connectivity index (χ0) is 13.0. The first-order valence-corrected chi connectivity index (χ1v) is 6.00. The van der Waals surface area contributed by atoms with Crippen molar-refractivity contribution in [1.29, 1.82) is 0 Å². The molecule has 0 amide bonds. The van der Waals surface area contributed by atoms with Crippen LogP contribution in [-0.2, 0) is 9.47 Å². The molecule has 0 aromatic rings. The Kier molecular flexibility index (Phi) is 5.54. The zero-order valence-corrected chi connectivity index (χ0v) is 12.2. The molecule has 0 bridgehead atoms. The highest BCUT2D eigenvalue weighted by Crippen LogP contribution is 2.31. The summed E-state index contributed by atoms with van der Waals surface area (Å²) in [6.45, 7) is 15.7. The fourth-order valence-corrected chi connectivity index (χ4v) is 1.48. The number of allylic oxidation sites excluding steroid dienone is 1. The van der Waals surface area contributed by atoms with Crippen molar-refractivity contribution in [3.8, 4) is 0 Å². The van der Waals surface area contributed by atoms with E-state index in [1.54, 1.807) is 7.11 Å². The molecule has 2 heteroatoms. The molecule has 0 radical (unpaired) electrons. The van der Waals surface area contributed by atoms with E-state index in [2.05, 4.69) is 47.6 Å². The van der Waals surface area contributed by atoms with Crippen molar-refractivity contribution in [3.05, 3.63) is 11.8 Å². The number of ether oxygens (including phenoxy) is 2. The minimum Gasteiger partial charge on any atom is -0.498 e. The second-order valence-electron chi connectivity index (χ2n) is 6.24. The van der Waals surface area contributed by atoms with Gasteiger partial charge in [-0.05, 0) is 18.4 Å². The molecule has 0 aliphatic heterocycles. The van der Waals surface area contributed by atoms with Crippen LogP contribution in [0.5, 0.6) is 0 Å². The predicted octanol–water partition coefficient (Wildman–Crippen LogP) is 4.01. The molecule has 0 aliphatic rings. The molecular formula is C14H28O2. The highest BCUT2D eigenvalue weighted by atomic mass is 16.5. The Balaban J connectivity index is 5.03. The Morgan fingerprint density at radius 1 is 1.12 bits per heavy atom. The second kappa shape index (κ2) is 5.72. The van der Waals surface area contributed by atoms with Gasteiger partial charge in [0.1, 0.15) is 0 Å². The third-order valence-electron chi connectivity index (χ3n) is 2.45. The van der Waals surface area contributed by atoms with Crippen molar-refractivity contribution >= 4 is 0 Å². The molecule has 96 valence electrons. The Morgan fingerprint density at radius 3 is 1.88 bits per heavy atom. The van der Waals surface area contributed by atoms with Gasteiger partial charge in [0, 0.05) is 12.5 Å². The average molecular weight is 228 g/mol. The van der Waals surface area contributed by atoms with Gasteiger partial charge in [0.25, 0.3) is 0 Å². The Hall–Kier alpha value is -0.500. The van der Waals surface area contributed by atoms with Gasteiger partial charge < -0.3 is 9.47 Å². The molecular weight excluding hydrogens is 200 g/mol. The summed E-state index contributed by atoms with van der Waals surface area (Å²) in [5.41, 5.74) is 0.111. The minimum atomic E-state index is 0.0258. The number of rotatable bonds is 4. The maximum atomic E-state index is 5.72. The van der Waals surface area contributed by atoms with Gasteiger partial charge in [-0.15, -0.1) is 0 Å². The molecule has 0 saturated heterocycles. The molecule has 2 nitrogen and oxygen atoms in total. The van der Waals surface area contributed by atoms with Gasteiger partial charge in [-0.3, -0.25) is 0 Å².